The van der Waals surface area contributed by atoms with E-state index in [0.29, 0.717) is 13.1 Å². The molecule has 1 fully saturated rings. The van der Waals surface area contributed by atoms with Crippen LogP contribution in [0.2, 0.25) is 0 Å². The van der Waals surface area contributed by atoms with Gasteiger partial charge in [-0.3, -0.25) is 4.79 Å². The molecular weight excluding hydrogens is 438 g/mol. The van der Waals surface area contributed by atoms with Crippen molar-refractivity contribution in [2.45, 2.75) is 57.5 Å². The Kier molecular flexibility index (Phi) is 6.50. The molecule has 4 rings (SSSR count). The van der Waals surface area contributed by atoms with E-state index in [1.54, 1.807) is 12.1 Å². The van der Waals surface area contributed by atoms with Gasteiger partial charge in [-0.2, -0.15) is 4.31 Å². The van der Waals surface area contributed by atoms with Crippen LogP contribution in [0.5, 0.6) is 5.75 Å². The fourth-order valence-corrected chi connectivity index (χ4v) is 6.36. The van der Waals surface area contributed by atoms with Crippen LogP contribution in [0.4, 0.5) is 0 Å². The highest BCUT2D eigenvalue weighted by atomic mass is 32.2. The average Bonchev–Trinajstić information content (AvgIpc) is 3.10. The number of hydrogen-bond acceptors (Lipinski definition) is 4. The molecule has 2 heterocycles. The number of nitrogens with zero attached hydrogens (tertiary/aromatic N) is 1. The topological polar surface area (TPSA) is 91.5 Å². The number of methoxy groups -OCH3 is 1. The number of aromatic amines is 1. The maximum absolute atomic E-state index is 13.4. The van der Waals surface area contributed by atoms with Crippen LogP contribution in [-0.2, 0) is 16.6 Å². The van der Waals surface area contributed by atoms with Crippen LogP contribution in [-0.4, -0.2) is 43.3 Å². The molecule has 1 unspecified atom stereocenters. The third kappa shape index (κ3) is 4.50. The maximum Gasteiger partial charge on any atom is 0.251 e. The molecular formula is C25H31N3O4S. The summed E-state index contributed by atoms with van der Waals surface area (Å²) in [6.07, 6.45) is 2.67. The monoisotopic (exact) mass is 469 g/mol. The zero-order valence-electron chi connectivity index (χ0n) is 19.6. The first-order valence-electron chi connectivity index (χ1n) is 11.3. The Hall–Kier alpha value is -2.84. The summed E-state index contributed by atoms with van der Waals surface area (Å²) in [7, 11) is -2.34. The minimum absolute atomic E-state index is 0.0336. The fourth-order valence-electron chi connectivity index (χ4n) is 4.48. The summed E-state index contributed by atoms with van der Waals surface area (Å²) in [4.78, 5) is 16.3. The Morgan fingerprint density at radius 3 is 2.70 bits per heavy atom. The molecule has 2 N–H and O–H groups in total. The van der Waals surface area contributed by atoms with Gasteiger partial charge in [0.25, 0.3) is 5.91 Å². The zero-order valence-corrected chi connectivity index (χ0v) is 20.4. The lowest BCUT2D eigenvalue weighted by molar-refractivity contribution is 0.0950. The second-order valence-corrected chi connectivity index (χ2v) is 10.6. The SMILES string of the molecule is COc1ccc(C(=O)NCc2ccc3[nH]c(C)c(C)c3c2)cc1S(=O)(=O)N1CCCCC1C. The van der Waals surface area contributed by atoms with Crippen molar-refractivity contribution in [3.8, 4) is 5.75 Å². The molecule has 1 saturated heterocycles. The number of nitrogens with one attached hydrogen (secondary N) is 2. The summed E-state index contributed by atoms with van der Waals surface area (Å²) < 4.78 is 33.7. The molecule has 1 aliphatic rings. The number of amides is 1. The smallest absolute Gasteiger partial charge is 0.251 e. The van der Waals surface area contributed by atoms with Gasteiger partial charge >= 0.3 is 0 Å². The van der Waals surface area contributed by atoms with E-state index in [-0.39, 0.29) is 28.2 Å². The molecule has 2 aromatic carbocycles. The van der Waals surface area contributed by atoms with Gasteiger partial charge < -0.3 is 15.0 Å². The van der Waals surface area contributed by atoms with E-state index in [0.717, 1.165) is 41.4 Å². The first kappa shape index (κ1) is 23.3. The molecule has 0 radical (unpaired) electrons. The maximum atomic E-state index is 13.4. The molecule has 33 heavy (non-hydrogen) atoms. The van der Waals surface area contributed by atoms with E-state index >= 15 is 0 Å². The van der Waals surface area contributed by atoms with E-state index in [1.807, 2.05) is 26.0 Å². The van der Waals surface area contributed by atoms with Gasteiger partial charge in [0.05, 0.1) is 7.11 Å². The van der Waals surface area contributed by atoms with Crippen LogP contribution in [0.1, 0.15) is 53.4 Å². The molecule has 3 aromatic rings. The predicted molar refractivity (Wildman–Crippen MR) is 129 cm³/mol. The van der Waals surface area contributed by atoms with E-state index in [9.17, 15) is 13.2 Å². The fraction of sp³-hybridized carbons (Fsp3) is 0.400. The lowest BCUT2D eigenvalue weighted by atomic mass is 10.1. The number of carbonyl (C=O) groups is 1. The van der Waals surface area contributed by atoms with Crippen molar-refractivity contribution in [1.82, 2.24) is 14.6 Å². The standard InChI is InChI=1S/C25H31N3O4S/c1-16-7-5-6-12-28(16)33(30,31)24-14-20(9-11-23(24)32-4)25(29)26-15-19-8-10-22-21(13-19)17(2)18(3)27-22/h8-11,13-14,16,27H,5-7,12,15H2,1-4H3,(H,26,29). The largest absolute Gasteiger partial charge is 0.495 e. The minimum Gasteiger partial charge on any atom is -0.495 e. The number of sulfonamides is 1. The van der Waals surface area contributed by atoms with Crippen molar-refractivity contribution in [2.24, 2.45) is 0 Å². The molecule has 1 atom stereocenters. The number of aryl methyl sites for hydroxylation is 2. The molecule has 1 aromatic heterocycles. The van der Waals surface area contributed by atoms with Gasteiger partial charge in [0.2, 0.25) is 10.0 Å². The van der Waals surface area contributed by atoms with Gasteiger partial charge in [-0.15, -0.1) is 0 Å². The third-order valence-electron chi connectivity index (χ3n) is 6.58. The molecule has 0 saturated carbocycles. The van der Waals surface area contributed by atoms with E-state index < -0.39 is 10.0 Å². The van der Waals surface area contributed by atoms with Gasteiger partial charge in [-0.25, -0.2) is 8.42 Å². The second kappa shape index (κ2) is 9.19. The Bertz CT molecular complexity index is 1300. The van der Waals surface area contributed by atoms with Crippen molar-refractivity contribution in [3.05, 3.63) is 58.8 Å². The number of hydrogen-bond donors (Lipinski definition) is 2. The van der Waals surface area contributed by atoms with E-state index in [4.69, 9.17) is 4.74 Å². The second-order valence-electron chi connectivity index (χ2n) is 8.76. The summed E-state index contributed by atoms with van der Waals surface area (Å²) >= 11 is 0. The average molecular weight is 470 g/mol. The quantitative estimate of drug-likeness (QED) is 0.564. The van der Waals surface area contributed by atoms with Crippen molar-refractivity contribution >= 4 is 26.8 Å². The number of piperidine rings is 1. The lowest BCUT2D eigenvalue weighted by Gasteiger charge is -2.32. The molecule has 1 amide bonds. The molecule has 0 spiro atoms. The highest BCUT2D eigenvalue weighted by Crippen LogP contribution is 2.31. The first-order valence-corrected chi connectivity index (χ1v) is 12.7. The van der Waals surface area contributed by atoms with Crippen molar-refractivity contribution in [2.75, 3.05) is 13.7 Å². The number of carbonyl (C=O) groups excluding carboxylic acids is 1. The highest BCUT2D eigenvalue weighted by molar-refractivity contribution is 7.89. The number of aromatic nitrogens is 1. The van der Waals surface area contributed by atoms with Crippen LogP contribution in [0.25, 0.3) is 10.9 Å². The number of benzene rings is 2. The number of fused-ring (bicyclic) bond motifs is 1. The Morgan fingerprint density at radius 2 is 1.97 bits per heavy atom. The summed E-state index contributed by atoms with van der Waals surface area (Å²) in [5, 5.41) is 4.04. The summed E-state index contributed by atoms with van der Waals surface area (Å²) in [5.74, 6) is -0.0871. The molecule has 176 valence electrons. The summed E-state index contributed by atoms with van der Waals surface area (Å²) in [6, 6.07) is 10.5. The number of ether oxygens (including phenoxy) is 1. The molecule has 7 nitrogen and oxygen atoms in total. The first-order chi connectivity index (χ1) is 15.7. The van der Waals surface area contributed by atoms with E-state index in [2.05, 4.69) is 23.3 Å². The van der Waals surface area contributed by atoms with Crippen LogP contribution in [0.15, 0.2) is 41.3 Å². The molecule has 0 bridgehead atoms. The lowest BCUT2D eigenvalue weighted by Crippen LogP contribution is -2.42. The predicted octanol–water partition coefficient (Wildman–Crippen LogP) is 4.29. The van der Waals surface area contributed by atoms with Crippen LogP contribution in [0, 0.1) is 13.8 Å². The number of rotatable bonds is 6. The number of H-pyrrole nitrogens is 1. The van der Waals surface area contributed by atoms with Crippen LogP contribution < -0.4 is 10.1 Å². The summed E-state index contributed by atoms with van der Waals surface area (Å²) in [5.41, 5.74) is 4.64. The van der Waals surface area contributed by atoms with Gasteiger partial charge in [-0.05, 0) is 75.1 Å². The molecule has 8 heteroatoms. The van der Waals surface area contributed by atoms with Gasteiger partial charge in [0, 0.05) is 41.3 Å². The summed E-state index contributed by atoms with van der Waals surface area (Å²) in [6.45, 7) is 6.85. The highest BCUT2D eigenvalue weighted by Gasteiger charge is 2.33. The van der Waals surface area contributed by atoms with E-state index in [1.165, 1.54) is 23.0 Å². The van der Waals surface area contributed by atoms with Crippen molar-refractivity contribution in [3.63, 3.8) is 0 Å². The van der Waals surface area contributed by atoms with Gasteiger partial charge in [0.1, 0.15) is 10.6 Å². The minimum atomic E-state index is -3.78. The van der Waals surface area contributed by atoms with Crippen LogP contribution in [0.3, 0.4) is 0 Å². The van der Waals surface area contributed by atoms with Crippen molar-refractivity contribution < 1.29 is 17.9 Å². The Balaban J connectivity index is 1.56. The Morgan fingerprint density at radius 1 is 1.18 bits per heavy atom. The third-order valence-corrected chi connectivity index (χ3v) is 8.61. The zero-order chi connectivity index (χ0) is 23.8. The Labute approximate surface area is 195 Å². The van der Waals surface area contributed by atoms with Crippen LogP contribution >= 0.6 is 0 Å². The van der Waals surface area contributed by atoms with Gasteiger partial charge in [0.15, 0.2) is 0 Å². The molecule has 0 aliphatic carbocycles. The normalized spacial score (nSPS) is 17.3. The molecule has 1 aliphatic heterocycles. The van der Waals surface area contributed by atoms with Gasteiger partial charge in [-0.1, -0.05) is 12.5 Å². The van der Waals surface area contributed by atoms with Crippen molar-refractivity contribution in [1.29, 1.82) is 0 Å².